The monoisotopic (exact) mass is 317 g/mol. The maximum atomic E-state index is 10.3. The van der Waals surface area contributed by atoms with Gasteiger partial charge in [-0.3, -0.25) is 0 Å². The van der Waals surface area contributed by atoms with E-state index < -0.39 is 0 Å². The van der Waals surface area contributed by atoms with Gasteiger partial charge in [0.1, 0.15) is 0 Å². The molecular formula is C21H21N2O+. The second kappa shape index (κ2) is 7.01. The third-order valence-corrected chi connectivity index (χ3v) is 3.91. The first-order valence-corrected chi connectivity index (χ1v) is 7.88. The van der Waals surface area contributed by atoms with Crippen molar-refractivity contribution in [3.8, 4) is 11.1 Å². The van der Waals surface area contributed by atoms with Gasteiger partial charge in [-0.1, -0.05) is 54.6 Å². The summed E-state index contributed by atoms with van der Waals surface area (Å²) in [7, 11) is 4.00. The van der Waals surface area contributed by atoms with Crippen molar-refractivity contribution < 1.29 is 9.67 Å². The number of anilines is 1. The molecule has 0 radical (unpaired) electrons. The van der Waals surface area contributed by atoms with Crippen molar-refractivity contribution in [1.82, 2.24) is 0 Å². The highest BCUT2D eigenvalue weighted by Crippen LogP contribution is 2.21. The predicted molar refractivity (Wildman–Crippen MR) is 99.6 cm³/mol. The number of aliphatic hydroxyl groups is 1. The standard InChI is InChI=1S/C21H20N2O/c1-22(2)20-12-14-23(15-13-20)16-21(24)19-10-8-18(9-11-19)17-6-4-3-5-7-17/h3-16H,1-2H3/p+1/b21-16-. The zero-order valence-corrected chi connectivity index (χ0v) is 13.9. The molecule has 24 heavy (non-hydrogen) atoms. The van der Waals surface area contributed by atoms with Crippen LogP contribution in [0, 0.1) is 0 Å². The minimum Gasteiger partial charge on any atom is -0.502 e. The molecule has 0 bridgehead atoms. The van der Waals surface area contributed by atoms with Crippen molar-refractivity contribution in [1.29, 1.82) is 0 Å². The summed E-state index contributed by atoms with van der Waals surface area (Å²) in [4.78, 5) is 2.04. The number of pyridine rings is 1. The molecule has 3 heteroatoms. The number of nitrogens with zero attached hydrogens (tertiary/aromatic N) is 2. The Morgan fingerprint density at radius 1 is 0.833 bits per heavy atom. The Hall–Kier alpha value is -3.07. The first-order valence-electron chi connectivity index (χ1n) is 7.88. The number of aliphatic hydroxyl groups excluding tert-OH is 1. The number of benzene rings is 2. The quantitative estimate of drug-likeness (QED) is 0.576. The van der Waals surface area contributed by atoms with Crippen LogP contribution in [0.4, 0.5) is 5.69 Å². The van der Waals surface area contributed by atoms with Gasteiger partial charge in [-0.05, 0) is 11.1 Å². The van der Waals surface area contributed by atoms with Gasteiger partial charge in [-0.25, -0.2) is 0 Å². The third kappa shape index (κ3) is 3.63. The van der Waals surface area contributed by atoms with E-state index in [-0.39, 0.29) is 5.76 Å². The van der Waals surface area contributed by atoms with E-state index in [1.54, 1.807) is 6.20 Å². The van der Waals surface area contributed by atoms with Gasteiger partial charge in [0.25, 0.3) is 0 Å². The molecule has 0 aliphatic heterocycles. The second-order valence-corrected chi connectivity index (χ2v) is 5.86. The zero-order valence-electron chi connectivity index (χ0n) is 13.9. The molecule has 3 aromatic rings. The van der Waals surface area contributed by atoms with Crippen molar-refractivity contribution in [3.05, 3.63) is 84.7 Å². The lowest BCUT2D eigenvalue weighted by Gasteiger charge is -2.09. The zero-order chi connectivity index (χ0) is 16.9. The molecule has 0 saturated heterocycles. The molecule has 0 aliphatic carbocycles. The molecule has 1 aromatic heterocycles. The van der Waals surface area contributed by atoms with Gasteiger partial charge in [0.15, 0.2) is 18.2 Å². The Bertz CT molecular complexity index is 820. The average molecular weight is 317 g/mol. The molecule has 1 N–H and O–H groups in total. The summed E-state index contributed by atoms with van der Waals surface area (Å²) >= 11 is 0. The third-order valence-electron chi connectivity index (χ3n) is 3.91. The van der Waals surface area contributed by atoms with Gasteiger partial charge in [0, 0.05) is 37.5 Å². The summed E-state index contributed by atoms with van der Waals surface area (Å²) < 4.78 is 1.84. The van der Waals surface area contributed by atoms with Crippen LogP contribution < -0.4 is 9.47 Å². The van der Waals surface area contributed by atoms with Gasteiger partial charge in [0.2, 0.25) is 6.20 Å². The summed E-state index contributed by atoms with van der Waals surface area (Å²) in [6.07, 6.45) is 5.55. The maximum Gasteiger partial charge on any atom is 0.216 e. The molecule has 0 amide bonds. The molecule has 0 atom stereocenters. The maximum absolute atomic E-state index is 10.3. The summed E-state index contributed by atoms with van der Waals surface area (Å²) in [5.74, 6) is 0.234. The van der Waals surface area contributed by atoms with E-state index in [1.165, 1.54) is 5.56 Å². The van der Waals surface area contributed by atoms with E-state index in [1.807, 2.05) is 90.6 Å². The van der Waals surface area contributed by atoms with E-state index in [9.17, 15) is 5.11 Å². The molecule has 3 rings (SSSR count). The van der Waals surface area contributed by atoms with Gasteiger partial charge < -0.3 is 10.0 Å². The van der Waals surface area contributed by atoms with Crippen molar-refractivity contribution in [3.63, 3.8) is 0 Å². The molecule has 0 unspecified atom stereocenters. The summed E-state index contributed by atoms with van der Waals surface area (Å²) in [5, 5.41) is 10.3. The second-order valence-electron chi connectivity index (χ2n) is 5.86. The smallest absolute Gasteiger partial charge is 0.216 e. The van der Waals surface area contributed by atoms with Crippen molar-refractivity contribution in [2.24, 2.45) is 0 Å². The van der Waals surface area contributed by atoms with Crippen LogP contribution >= 0.6 is 0 Å². The van der Waals surface area contributed by atoms with Gasteiger partial charge in [-0.15, -0.1) is 0 Å². The molecule has 0 fully saturated rings. The van der Waals surface area contributed by atoms with Crippen molar-refractivity contribution >= 4 is 17.6 Å². The highest BCUT2D eigenvalue weighted by molar-refractivity contribution is 5.70. The SMILES string of the molecule is CN(C)c1cc[n+](/C=C(\O)c2ccc(-c3ccccc3)cc2)cc1. The summed E-state index contributed by atoms with van der Waals surface area (Å²) in [6.45, 7) is 0. The lowest BCUT2D eigenvalue weighted by Crippen LogP contribution is -2.25. The summed E-state index contributed by atoms with van der Waals surface area (Å²) in [6, 6.07) is 22.1. The van der Waals surface area contributed by atoms with Crippen LogP contribution in [0.5, 0.6) is 0 Å². The van der Waals surface area contributed by atoms with E-state index in [2.05, 4.69) is 12.1 Å². The van der Waals surface area contributed by atoms with Crippen molar-refractivity contribution in [2.45, 2.75) is 0 Å². The highest BCUT2D eigenvalue weighted by atomic mass is 16.3. The average Bonchev–Trinajstić information content (AvgIpc) is 2.63. The fourth-order valence-electron chi connectivity index (χ4n) is 2.49. The van der Waals surface area contributed by atoms with E-state index in [4.69, 9.17) is 0 Å². The van der Waals surface area contributed by atoms with Gasteiger partial charge >= 0.3 is 0 Å². The summed E-state index contributed by atoms with van der Waals surface area (Å²) in [5.41, 5.74) is 4.21. The minimum absolute atomic E-state index is 0.234. The first-order chi connectivity index (χ1) is 11.6. The van der Waals surface area contributed by atoms with Crippen molar-refractivity contribution in [2.75, 3.05) is 19.0 Å². The topological polar surface area (TPSA) is 27.4 Å². The fourth-order valence-corrected chi connectivity index (χ4v) is 2.49. The van der Waals surface area contributed by atoms with Gasteiger partial charge in [0.05, 0.1) is 0 Å². The van der Waals surface area contributed by atoms with E-state index in [0.717, 1.165) is 16.8 Å². The molecule has 2 aromatic carbocycles. The molecule has 3 nitrogen and oxygen atoms in total. The van der Waals surface area contributed by atoms with E-state index >= 15 is 0 Å². The lowest BCUT2D eigenvalue weighted by atomic mass is 10.0. The molecule has 0 saturated carbocycles. The molecule has 120 valence electrons. The first kappa shape index (κ1) is 15.8. The lowest BCUT2D eigenvalue weighted by molar-refractivity contribution is -0.568. The number of hydrogen-bond acceptors (Lipinski definition) is 2. The van der Waals surface area contributed by atoms with Crippen LogP contribution in [-0.2, 0) is 0 Å². The van der Waals surface area contributed by atoms with Crippen LogP contribution in [0.1, 0.15) is 5.56 Å². The van der Waals surface area contributed by atoms with Crippen LogP contribution in [0.2, 0.25) is 0 Å². The molecule has 0 spiro atoms. The molecular weight excluding hydrogens is 296 g/mol. The Labute approximate surface area is 142 Å². The van der Waals surface area contributed by atoms with Gasteiger partial charge in [-0.2, -0.15) is 4.57 Å². The van der Waals surface area contributed by atoms with Crippen LogP contribution in [0.25, 0.3) is 23.1 Å². The Morgan fingerprint density at radius 3 is 2.00 bits per heavy atom. The van der Waals surface area contributed by atoms with E-state index in [0.29, 0.717) is 0 Å². The van der Waals surface area contributed by atoms with Crippen LogP contribution in [0.3, 0.4) is 0 Å². The number of hydrogen-bond donors (Lipinski definition) is 1. The molecule has 1 heterocycles. The Balaban J connectivity index is 1.80. The Morgan fingerprint density at radius 2 is 1.42 bits per heavy atom. The Kier molecular flexibility index (Phi) is 4.62. The predicted octanol–water partition coefficient (Wildman–Crippen LogP) is 4.22. The molecule has 0 aliphatic rings. The van der Waals surface area contributed by atoms with Crippen LogP contribution in [-0.4, -0.2) is 19.2 Å². The van der Waals surface area contributed by atoms with Crippen LogP contribution in [0.15, 0.2) is 79.1 Å². The minimum atomic E-state index is 0.234. The number of aromatic nitrogens is 1. The normalized spacial score (nSPS) is 11.3. The number of rotatable bonds is 4. The largest absolute Gasteiger partial charge is 0.502 e. The fraction of sp³-hybridized carbons (Fsp3) is 0.0952. The highest BCUT2D eigenvalue weighted by Gasteiger charge is 2.06.